The van der Waals surface area contributed by atoms with E-state index in [0.29, 0.717) is 12.3 Å². The van der Waals surface area contributed by atoms with E-state index in [1.165, 1.54) is 19.1 Å². The maximum Gasteiger partial charge on any atom is 0.286 e. The van der Waals surface area contributed by atoms with Gasteiger partial charge in [0, 0.05) is 6.54 Å². The van der Waals surface area contributed by atoms with Gasteiger partial charge >= 0.3 is 0 Å². The van der Waals surface area contributed by atoms with E-state index in [2.05, 4.69) is 5.32 Å². The van der Waals surface area contributed by atoms with E-state index in [9.17, 15) is 4.79 Å². The summed E-state index contributed by atoms with van der Waals surface area (Å²) >= 11 is 0. The van der Waals surface area contributed by atoms with E-state index in [1.807, 2.05) is 0 Å². The first-order valence-corrected chi connectivity index (χ1v) is 5.86. The SMILES string of the molecule is NCCCCCCCNC(=O)c1ccco1. The predicted molar refractivity (Wildman–Crippen MR) is 63.2 cm³/mol. The molecule has 0 saturated heterocycles. The predicted octanol–water partition coefficient (Wildman–Crippen LogP) is 1.92. The molecule has 90 valence electrons. The first-order valence-electron chi connectivity index (χ1n) is 5.86. The number of carbonyl (C=O) groups excluding carboxylic acids is 1. The van der Waals surface area contributed by atoms with Gasteiger partial charge in [0.15, 0.2) is 5.76 Å². The van der Waals surface area contributed by atoms with Gasteiger partial charge in [-0.3, -0.25) is 4.79 Å². The monoisotopic (exact) mass is 224 g/mol. The molecule has 1 amide bonds. The molecule has 0 aliphatic carbocycles. The number of nitrogens with two attached hydrogens (primary N) is 1. The summed E-state index contributed by atoms with van der Waals surface area (Å²) in [6.45, 7) is 1.48. The summed E-state index contributed by atoms with van der Waals surface area (Å²) in [4.78, 5) is 11.4. The third-order valence-corrected chi connectivity index (χ3v) is 2.41. The molecule has 1 rings (SSSR count). The standard InChI is InChI=1S/C12H20N2O2/c13-8-4-2-1-3-5-9-14-12(15)11-7-6-10-16-11/h6-7,10H,1-5,8-9,13H2,(H,14,15). The molecule has 0 unspecified atom stereocenters. The Morgan fingerprint density at radius 2 is 2.00 bits per heavy atom. The zero-order valence-electron chi connectivity index (χ0n) is 9.58. The van der Waals surface area contributed by atoms with Crippen LogP contribution in [0.2, 0.25) is 0 Å². The second-order valence-electron chi connectivity index (χ2n) is 3.79. The van der Waals surface area contributed by atoms with Crippen molar-refractivity contribution in [1.82, 2.24) is 5.32 Å². The van der Waals surface area contributed by atoms with Crippen LogP contribution in [0.5, 0.6) is 0 Å². The number of hydrogen-bond acceptors (Lipinski definition) is 3. The summed E-state index contributed by atoms with van der Waals surface area (Å²) in [6.07, 6.45) is 7.12. The molecule has 0 atom stereocenters. The van der Waals surface area contributed by atoms with Crippen molar-refractivity contribution in [1.29, 1.82) is 0 Å². The topological polar surface area (TPSA) is 68.3 Å². The van der Waals surface area contributed by atoms with E-state index in [0.717, 1.165) is 25.8 Å². The fraction of sp³-hybridized carbons (Fsp3) is 0.583. The third kappa shape index (κ3) is 4.98. The molecule has 0 aromatic carbocycles. The van der Waals surface area contributed by atoms with Gasteiger partial charge in [-0.25, -0.2) is 0 Å². The Morgan fingerprint density at radius 1 is 1.25 bits per heavy atom. The van der Waals surface area contributed by atoms with Crippen molar-refractivity contribution in [2.75, 3.05) is 13.1 Å². The Hall–Kier alpha value is -1.29. The summed E-state index contributed by atoms with van der Waals surface area (Å²) in [5, 5.41) is 2.82. The molecule has 0 aliphatic heterocycles. The second-order valence-corrected chi connectivity index (χ2v) is 3.79. The van der Waals surface area contributed by atoms with Crippen LogP contribution in [0.3, 0.4) is 0 Å². The maximum atomic E-state index is 11.4. The smallest absolute Gasteiger partial charge is 0.286 e. The van der Waals surface area contributed by atoms with Crippen LogP contribution >= 0.6 is 0 Å². The van der Waals surface area contributed by atoms with Gasteiger partial charge in [0.1, 0.15) is 0 Å². The van der Waals surface area contributed by atoms with Crippen LogP contribution in [-0.4, -0.2) is 19.0 Å². The van der Waals surface area contributed by atoms with Gasteiger partial charge in [0.25, 0.3) is 5.91 Å². The highest BCUT2D eigenvalue weighted by atomic mass is 16.3. The fourth-order valence-corrected chi connectivity index (χ4v) is 1.50. The average Bonchev–Trinajstić information content (AvgIpc) is 2.81. The number of hydrogen-bond donors (Lipinski definition) is 2. The molecule has 1 aromatic heterocycles. The molecule has 1 heterocycles. The molecule has 0 saturated carbocycles. The van der Waals surface area contributed by atoms with Gasteiger partial charge in [-0.15, -0.1) is 0 Å². The van der Waals surface area contributed by atoms with Crippen LogP contribution in [0, 0.1) is 0 Å². The Balaban J connectivity index is 1.97. The minimum atomic E-state index is -0.132. The molecule has 0 spiro atoms. The lowest BCUT2D eigenvalue weighted by Gasteiger charge is -2.02. The van der Waals surface area contributed by atoms with E-state index < -0.39 is 0 Å². The van der Waals surface area contributed by atoms with Crippen LogP contribution < -0.4 is 11.1 Å². The molecule has 0 radical (unpaired) electrons. The highest BCUT2D eigenvalue weighted by Gasteiger charge is 2.06. The van der Waals surface area contributed by atoms with E-state index in [1.54, 1.807) is 12.1 Å². The minimum Gasteiger partial charge on any atom is -0.459 e. The van der Waals surface area contributed by atoms with E-state index in [4.69, 9.17) is 10.2 Å². The molecule has 1 aromatic rings. The quantitative estimate of drug-likeness (QED) is 0.663. The molecule has 0 bridgehead atoms. The molecule has 16 heavy (non-hydrogen) atoms. The maximum absolute atomic E-state index is 11.4. The first-order chi connectivity index (χ1) is 7.84. The van der Waals surface area contributed by atoms with Crippen molar-refractivity contribution in [2.45, 2.75) is 32.1 Å². The first kappa shape index (κ1) is 12.8. The molecular formula is C12H20N2O2. The molecule has 4 heteroatoms. The Bertz CT molecular complexity index is 283. The van der Waals surface area contributed by atoms with Crippen LogP contribution in [0.15, 0.2) is 22.8 Å². The highest BCUT2D eigenvalue weighted by molar-refractivity contribution is 5.91. The van der Waals surface area contributed by atoms with Gasteiger partial charge in [-0.05, 0) is 31.5 Å². The summed E-state index contributed by atoms with van der Waals surface area (Å²) in [7, 11) is 0. The van der Waals surface area contributed by atoms with Gasteiger partial charge in [-0.1, -0.05) is 19.3 Å². The van der Waals surface area contributed by atoms with E-state index >= 15 is 0 Å². The number of rotatable bonds is 8. The van der Waals surface area contributed by atoms with Gasteiger partial charge in [-0.2, -0.15) is 0 Å². The number of amides is 1. The Labute approximate surface area is 96.2 Å². The molecule has 3 N–H and O–H groups in total. The third-order valence-electron chi connectivity index (χ3n) is 2.41. The van der Waals surface area contributed by atoms with Crippen LogP contribution in [0.25, 0.3) is 0 Å². The summed E-state index contributed by atoms with van der Waals surface area (Å²) in [5.74, 6) is 0.245. The zero-order valence-corrected chi connectivity index (χ0v) is 9.58. The highest BCUT2D eigenvalue weighted by Crippen LogP contribution is 2.02. The van der Waals surface area contributed by atoms with Crippen molar-refractivity contribution in [3.05, 3.63) is 24.2 Å². The van der Waals surface area contributed by atoms with Crippen LogP contribution in [-0.2, 0) is 0 Å². The van der Waals surface area contributed by atoms with Crippen molar-refractivity contribution < 1.29 is 9.21 Å². The average molecular weight is 224 g/mol. The largest absolute Gasteiger partial charge is 0.459 e. The summed E-state index contributed by atoms with van der Waals surface area (Å²) in [6, 6.07) is 3.37. The van der Waals surface area contributed by atoms with Gasteiger partial charge < -0.3 is 15.5 Å². The Kier molecular flexibility index (Phi) is 6.33. The summed E-state index contributed by atoms with van der Waals surface area (Å²) in [5.41, 5.74) is 5.40. The van der Waals surface area contributed by atoms with Crippen LogP contribution in [0.1, 0.15) is 42.7 Å². The fourth-order valence-electron chi connectivity index (χ4n) is 1.50. The molecule has 0 aliphatic rings. The minimum absolute atomic E-state index is 0.132. The van der Waals surface area contributed by atoms with Gasteiger partial charge in [0.05, 0.1) is 6.26 Å². The lowest BCUT2D eigenvalue weighted by atomic mass is 10.1. The van der Waals surface area contributed by atoms with Gasteiger partial charge in [0.2, 0.25) is 0 Å². The molecule has 4 nitrogen and oxygen atoms in total. The van der Waals surface area contributed by atoms with Crippen molar-refractivity contribution in [3.63, 3.8) is 0 Å². The van der Waals surface area contributed by atoms with Crippen LogP contribution in [0.4, 0.5) is 0 Å². The zero-order chi connectivity index (χ0) is 11.6. The molecule has 0 fully saturated rings. The van der Waals surface area contributed by atoms with Crippen molar-refractivity contribution in [2.24, 2.45) is 5.73 Å². The number of furan rings is 1. The lowest BCUT2D eigenvalue weighted by Crippen LogP contribution is -2.23. The van der Waals surface area contributed by atoms with Crippen molar-refractivity contribution in [3.8, 4) is 0 Å². The lowest BCUT2D eigenvalue weighted by molar-refractivity contribution is 0.0925. The second kappa shape index (κ2) is 7.93. The number of nitrogens with one attached hydrogen (secondary N) is 1. The Morgan fingerprint density at radius 3 is 2.69 bits per heavy atom. The normalized spacial score (nSPS) is 10.3. The van der Waals surface area contributed by atoms with E-state index in [-0.39, 0.29) is 5.91 Å². The number of unbranched alkanes of at least 4 members (excludes halogenated alkanes) is 4. The van der Waals surface area contributed by atoms with Crippen molar-refractivity contribution >= 4 is 5.91 Å². The summed E-state index contributed by atoms with van der Waals surface area (Å²) < 4.78 is 4.98. The molecular weight excluding hydrogens is 204 g/mol. The number of carbonyl (C=O) groups is 1.